The fourth-order valence-electron chi connectivity index (χ4n) is 11.1. The van der Waals surface area contributed by atoms with Crippen molar-refractivity contribution in [3.8, 4) is 0 Å². The first kappa shape index (κ1) is 87.2. The summed E-state index contributed by atoms with van der Waals surface area (Å²) in [7, 11) is 1.50. The molecule has 0 heterocycles. The third kappa shape index (κ3) is 69.5. The maximum Gasteiger partial charge on any atom is 0.472 e. The minimum absolute atomic E-state index is 0.0385. The quantitative estimate of drug-likeness (QED) is 0.0205. The number of unbranched alkanes of at least 4 members (excludes halogenated alkanes) is 42. The molecule has 0 bridgehead atoms. The molecule has 90 heavy (non-hydrogen) atoms. The van der Waals surface area contributed by atoms with E-state index < -0.39 is 20.0 Å². The van der Waals surface area contributed by atoms with Crippen LogP contribution in [0.4, 0.5) is 0 Å². The Morgan fingerprint density at radius 1 is 0.389 bits per heavy atom. The molecule has 2 N–H and O–H groups in total. The molecule has 3 atom stereocenters. The average Bonchev–Trinajstić information content (AvgIpc) is 3.04. The Morgan fingerprint density at radius 3 is 1.03 bits per heavy atom. The zero-order chi connectivity index (χ0) is 65.6. The van der Waals surface area contributed by atoms with Crippen LogP contribution in [-0.2, 0) is 27.9 Å². The number of amides is 1. The Kier molecular flexibility index (Phi) is 66.9. The molecule has 0 aliphatic heterocycles. The largest absolute Gasteiger partial charge is 0.472 e. The summed E-state index contributed by atoms with van der Waals surface area (Å²) in [6, 6.07) is -0.854. The van der Waals surface area contributed by atoms with E-state index in [4.69, 9.17) is 13.8 Å². The van der Waals surface area contributed by atoms with Gasteiger partial charge in [0, 0.05) is 12.8 Å². The van der Waals surface area contributed by atoms with E-state index in [0.717, 1.165) is 83.5 Å². The molecule has 10 heteroatoms. The van der Waals surface area contributed by atoms with Gasteiger partial charge in [-0.25, -0.2) is 4.57 Å². The van der Waals surface area contributed by atoms with E-state index in [2.05, 4.69) is 99.0 Å². The van der Waals surface area contributed by atoms with Gasteiger partial charge in [0.1, 0.15) is 19.3 Å². The summed E-state index contributed by atoms with van der Waals surface area (Å²) < 4.78 is 30.9. The van der Waals surface area contributed by atoms with Gasteiger partial charge in [0.05, 0.1) is 33.8 Å². The molecule has 0 radical (unpaired) electrons. The van der Waals surface area contributed by atoms with Gasteiger partial charge in [0.15, 0.2) is 0 Å². The number of likely N-dealkylation sites (N-methyl/N-ethyl adjacent to an activating group) is 1. The van der Waals surface area contributed by atoms with Crippen LogP contribution in [0.25, 0.3) is 0 Å². The molecule has 0 spiro atoms. The molecule has 524 valence electrons. The van der Waals surface area contributed by atoms with E-state index in [-0.39, 0.29) is 31.5 Å². The number of esters is 1. The molecule has 0 rings (SSSR count). The second-order valence-corrected chi connectivity index (χ2v) is 28.6. The molecule has 0 aromatic rings. The number of hydrogen-bond acceptors (Lipinski definition) is 6. The third-order valence-electron chi connectivity index (χ3n) is 17.1. The number of quaternary nitrogens is 1. The lowest BCUT2D eigenvalue weighted by Crippen LogP contribution is -2.47. The maximum absolute atomic E-state index is 13.7. The Hall–Kier alpha value is -2.81. The van der Waals surface area contributed by atoms with Crippen LogP contribution in [-0.4, -0.2) is 74.3 Å². The van der Waals surface area contributed by atoms with Crippen molar-refractivity contribution in [3.63, 3.8) is 0 Å². The van der Waals surface area contributed by atoms with Crippen molar-refractivity contribution in [2.24, 2.45) is 0 Å². The highest BCUT2D eigenvalue weighted by Crippen LogP contribution is 2.43. The summed E-state index contributed by atoms with van der Waals surface area (Å²) in [4.78, 5) is 38.0. The maximum atomic E-state index is 13.7. The van der Waals surface area contributed by atoms with E-state index in [1.165, 1.54) is 244 Å². The SMILES string of the molecule is CCCCC/C=C\C/C=C\C/C=C\CCCCCCCCCCCCCCCCC(=O)NC(COP(=O)(O)OCC[N+](C)(C)C)C(/C=C/CCCCCCCCCCCC)OC(=O)CCCCCCCCCCCCCC/C=C\C/C=C\C/C=C\CCCCC. The number of carbonyl (C=O) groups excluding carboxylic acids is 2. The van der Waals surface area contributed by atoms with Crippen LogP contribution in [0.3, 0.4) is 0 Å². The number of phosphoric acid groups is 1. The molecule has 0 saturated heterocycles. The zero-order valence-corrected chi connectivity index (χ0v) is 61.0. The van der Waals surface area contributed by atoms with Gasteiger partial charge in [-0.3, -0.25) is 18.6 Å². The molecule has 1 amide bonds. The Labute approximate surface area is 558 Å². The Bertz CT molecular complexity index is 1810. The highest BCUT2D eigenvalue weighted by molar-refractivity contribution is 7.47. The topological polar surface area (TPSA) is 111 Å². The number of ether oxygens (including phenoxy) is 1. The van der Waals surface area contributed by atoms with Gasteiger partial charge in [-0.2, -0.15) is 0 Å². The number of phosphoric ester groups is 1. The molecule has 9 nitrogen and oxygen atoms in total. The van der Waals surface area contributed by atoms with Crippen molar-refractivity contribution in [1.82, 2.24) is 5.32 Å². The van der Waals surface area contributed by atoms with E-state index in [1.807, 2.05) is 33.3 Å². The van der Waals surface area contributed by atoms with E-state index >= 15 is 0 Å². The summed E-state index contributed by atoms with van der Waals surface area (Å²) in [5.74, 6) is -0.497. The number of rotatable bonds is 70. The predicted molar refractivity (Wildman–Crippen MR) is 392 cm³/mol. The van der Waals surface area contributed by atoms with Crippen LogP contribution >= 0.6 is 7.82 Å². The van der Waals surface area contributed by atoms with Crippen molar-refractivity contribution >= 4 is 19.7 Å². The van der Waals surface area contributed by atoms with Crippen LogP contribution < -0.4 is 5.32 Å². The second kappa shape index (κ2) is 69.0. The van der Waals surface area contributed by atoms with Gasteiger partial charge < -0.3 is 19.4 Å². The highest BCUT2D eigenvalue weighted by atomic mass is 31.2. The number of carbonyl (C=O) groups is 2. The average molecular weight is 1280 g/mol. The molecule has 3 unspecified atom stereocenters. The third-order valence-corrected chi connectivity index (χ3v) is 18.0. The Morgan fingerprint density at radius 2 is 0.678 bits per heavy atom. The molecule has 0 fully saturated rings. The van der Waals surface area contributed by atoms with E-state index in [0.29, 0.717) is 17.4 Å². The van der Waals surface area contributed by atoms with Gasteiger partial charge in [-0.15, -0.1) is 0 Å². The molecule has 0 aliphatic rings. The number of nitrogens with zero attached hydrogens (tertiary/aromatic N) is 1. The number of hydrogen-bond donors (Lipinski definition) is 2. The minimum atomic E-state index is -4.46. The summed E-state index contributed by atoms with van der Waals surface area (Å²) in [6.45, 7) is 7.00. The van der Waals surface area contributed by atoms with Gasteiger partial charge >= 0.3 is 13.8 Å². The van der Waals surface area contributed by atoms with Crippen molar-refractivity contribution in [3.05, 3.63) is 85.1 Å². The lowest BCUT2D eigenvalue weighted by molar-refractivity contribution is -0.870. The fraction of sp³-hybridized carbons (Fsp3) is 0.800. The lowest BCUT2D eigenvalue weighted by atomic mass is 10.0. The lowest BCUT2D eigenvalue weighted by Gasteiger charge is -2.27. The van der Waals surface area contributed by atoms with Crippen molar-refractivity contribution in [2.75, 3.05) is 40.9 Å². The van der Waals surface area contributed by atoms with Crippen LogP contribution in [0.5, 0.6) is 0 Å². The molecular weight excluding hydrogens is 1130 g/mol. The zero-order valence-electron chi connectivity index (χ0n) is 60.1. The summed E-state index contributed by atoms with van der Waals surface area (Å²) in [5.41, 5.74) is 0. The standard InChI is InChI=1S/C80H147N2O7P/c1-7-10-13-16-19-22-25-28-30-32-34-36-38-40-41-43-44-46-48-50-52-54-57-60-63-66-69-72-79(83)81-77(76-88-90(85,86)87-75-74-82(4,5)6)78(71-68-65-62-59-56-27-24-21-18-15-12-9-3)89-80(84)73-70-67-64-61-58-55-53-51-49-47-45-42-39-37-35-33-31-29-26-23-20-17-14-11-8-2/h19-20,22-23,28-31,34-37,68,71,77-78H,7-18,21,24-27,32-33,38-67,69-70,72-76H2,1-6H3,(H-,81,83,85,86)/p+1/b22-19-,23-20-,30-28-,31-29-,36-34-,37-35-,71-68+. The Balaban J connectivity index is 4.97. The summed E-state index contributed by atoms with van der Waals surface area (Å²) >= 11 is 0. The first-order chi connectivity index (χ1) is 43.9. The highest BCUT2D eigenvalue weighted by Gasteiger charge is 2.30. The molecule has 0 saturated carbocycles. The molecular formula is C80H148N2O7P+. The predicted octanol–water partition coefficient (Wildman–Crippen LogP) is 24.9. The van der Waals surface area contributed by atoms with Crippen molar-refractivity contribution in [1.29, 1.82) is 0 Å². The molecule has 0 aliphatic carbocycles. The summed E-state index contributed by atoms with van der Waals surface area (Å²) in [5, 5.41) is 3.08. The normalized spacial score (nSPS) is 13.9. The van der Waals surface area contributed by atoms with Crippen LogP contribution in [0.1, 0.15) is 361 Å². The minimum Gasteiger partial charge on any atom is -0.456 e. The number of allylic oxidation sites excluding steroid dienone is 13. The monoisotopic (exact) mass is 1280 g/mol. The summed E-state index contributed by atoms with van der Waals surface area (Å²) in [6.07, 6.45) is 93.2. The van der Waals surface area contributed by atoms with Crippen molar-refractivity contribution in [2.45, 2.75) is 373 Å². The first-order valence-corrected chi connectivity index (χ1v) is 39.9. The van der Waals surface area contributed by atoms with Gasteiger partial charge in [-0.05, 0) is 109 Å². The van der Waals surface area contributed by atoms with Crippen LogP contribution in [0.2, 0.25) is 0 Å². The van der Waals surface area contributed by atoms with Crippen LogP contribution in [0, 0.1) is 0 Å². The fourth-order valence-corrected chi connectivity index (χ4v) is 11.9. The number of nitrogens with one attached hydrogen (secondary N) is 1. The van der Waals surface area contributed by atoms with E-state index in [9.17, 15) is 19.0 Å². The molecule has 0 aromatic carbocycles. The molecule has 0 aromatic heterocycles. The smallest absolute Gasteiger partial charge is 0.456 e. The van der Waals surface area contributed by atoms with Gasteiger partial charge in [0.2, 0.25) is 5.91 Å². The van der Waals surface area contributed by atoms with Gasteiger partial charge in [-0.1, -0.05) is 324 Å². The van der Waals surface area contributed by atoms with Gasteiger partial charge in [0.25, 0.3) is 0 Å². The van der Waals surface area contributed by atoms with E-state index in [1.54, 1.807) is 0 Å². The van der Waals surface area contributed by atoms with Crippen LogP contribution in [0.15, 0.2) is 85.1 Å². The second-order valence-electron chi connectivity index (χ2n) is 27.2. The van der Waals surface area contributed by atoms with Crippen molar-refractivity contribution < 1.29 is 37.3 Å². The first-order valence-electron chi connectivity index (χ1n) is 38.4.